The van der Waals surface area contributed by atoms with Gasteiger partial charge in [0.05, 0.1) is 0 Å². The van der Waals surface area contributed by atoms with Crippen LogP contribution in [0.4, 0.5) is 0 Å². The maximum atomic E-state index is 12.9. The molecule has 0 aliphatic carbocycles. The molecule has 0 aliphatic rings. The highest BCUT2D eigenvalue weighted by molar-refractivity contribution is 5.71. The molecule has 0 aromatic heterocycles. The summed E-state index contributed by atoms with van der Waals surface area (Å²) in [6.45, 7) is 13.8. The molecule has 0 radical (unpaired) electrons. The van der Waals surface area contributed by atoms with E-state index in [1.165, 1.54) is 238 Å². The summed E-state index contributed by atoms with van der Waals surface area (Å²) >= 11 is 0. The number of carbonyl (C=O) groups is 3. The molecule has 416 valence electrons. The van der Waals surface area contributed by atoms with Gasteiger partial charge in [-0.2, -0.15) is 0 Å². The van der Waals surface area contributed by atoms with E-state index in [0.717, 1.165) is 75.5 Å². The normalized spacial score (nSPS) is 12.1. The van der Waals surface area contributed by atoms with Gasteiger partial charge in [-0.15, -0.1) is 0 Å². The van der Waals surface area contributed by atoms with Crippen LogP contribution in [-0.2, 0) is 28.6 Å². The minimum atomic E-state index is -0.764. The molecule has 0 amide bonds. The SMILES string of the molecule is CC(C)CCCCCCCCCCCCCCCCCCC(=O)O[C@@H](COC(=O)CCCCCCCCCCCCCCCCC(C)C)COC(=O)CCCCCCCCCCCCCCCC(C)C. The van der Waals surface area contributed by atoms with Crippen molar-refractivity contribution in [2.75, 3.05) is 13.2 Å². The second-order valence-electron chi connectivity index (χ2n) is 23.5. The van der Waals surface area contributed by atoms with E-state index in [1.54, 1.807) is 0 Å². The third-order valence-corrected chi connectivity index (χ3v) is 14.6. The van der Waals surface area contributed by atoms with E-state index >= 15 is 0 Å². The van der Waals surface area contributed by atoms with Crippen LogP contribution in [-0.4, -0.2) is 37.2 Å². The lowest BCUT2D eigenvalue weighted by molar-refractivity contribution is -0.167. The summed E-state index contributed by atoms with van der Waals surface area (Å²) in [5.41, 5.74) is 0. The second-order valence-corrected chi connectivity index (χ2v) is 23.5. The third-order valence-electron chi connectivity index (χ3n) is 14.6. The molecule has 0 saturated carbocycles. The summed E-state index contributed by atoms with van der Waals surface area (Å²) in [6, 6.07) is 0. The minimum absolute atomic E-state index is 0.0626. The molecule has 0 aromatic carbocycles. The van der Waals surface area contributed by atoms with Gasteiger partial charge in [-0.25, -0.2) is 0 Å². The summed E-state index contributed by atoms with van der Waals surface area (Å²) < 4.78 is 17.0. The standard InChI is InChI=1S/C64H124O6/c1-58(2)50-44-38-32-26-20-14-9-7-8-10-18-25-31-37-43-49-55-64(67)70-61(57-69-63(66)54-48-42-36-30-24-19-13-16-22-28-34-40-46-52-60(5)6)56-68-62(65)53-47-41-35-29-23-17-12-11-15-21-27-33-39-45-51-59(3)4/h58-61H,7-57H2,1-6H3/t61-/m0/s1. The van der Waals surface area contributed by atoms with Gasteiger partial charge in [0.1, 0.15) is 13.2 Å². The van der Waals surface area contributed by atoms with Crippen LogP contribution in [0.5, 0.6) is 0 Å². The smallest absolute Gasteiger partial charge is 0.306 e. The number of ether oxygens (including phenoxy) is 3. The average molecular weight is 990 g/mol. The van der Waals surface area contributed by atoms with E-state index in [0.29, 0.717) is 19.3 Å². The summed E-state index contributed by atoms with van der Waals surface area (Å²) in [5, 5.41) is 0. The number of esters is 3. The molecule has 0 fully saturated rings. The van der Waals surface area contributed by atoms with Crippen molar-refractivity contribution in [3.05, 3.63) is 0 Å². The zero-order valence-corrected chi connectivity index (χ0v) is 48.3. The van der Waals surface area contributed by atoms with Crippen molar-refractivity contribution in [2.45, 2.75) is 362 Å². The molecule has 0 aromatic rings. The first-order valence-corrected chi connectivity index (χ1v) is 31.6. The van der Waals surface area contributed by atoms with Gasteiger partial charge in [0, 0.05) is 19.3 Å². The molecule has 0 unspecified atom stereocenters. The van der Waals surface area contributed by atoms with Gasteiger partial charge in [-0.05, 0) is 37.0 Å². The zero-order valence-electron chi connectivity index (χ0n) is 48.3. The van der Waals surface area contributed by atoms with E-state index in [2.05, 4.69) is 41.5 Å². The Morgan fingerprint density at radius 2 is 0.414 bits per heavy atom. The number of hydrogen-bond acceptors (Lipinski definition) is 6. The second kappa shape index (κ2) is 55.2. The fraction of sp³-hybridized carbons (Fsp3) is 0.953. The van der Waals surface area contributed by atoms with Gasteiger partial charge in [0.15, 0.2) is 6.10 Å². The van der Waals surface area contributed by atoms with Gasteiger partial charge in [-0.3, -0.25) is 14.4 Å². The molecule has 0 spiro atoms. The molecule has 6 heteroatoms. The van der Waals surface area contributed by atoms with Crippen molar-refractivity contribution >= 4 is 17.9 Å². The molecule has 0 bridgehead atoms. The van der Waals surface area contributed by atoms with Crippen LogP contribution >= 0.6 is 0 Å². The molecule has 0 aliphatic heterocycles. The van der Waals surface area contributed by atoms with Gasteiger partial charge in [-0.1, -0.05) is 318 Å². The van der Waals surface area contributed by atoms with Crippen LogP contribution in [0.25, 0.3) is 0 Å². The first kappa shape index (κ1) is 68.4. The molecule has 1 atom stereocenters. The Morgan fingerprint density at radius 1 is 0.243 bits per heavy atom. The van der Waals surface area contributed by atoms with Crippen LogP contribution in [0.1, 0.15) is 356 Å². The predicted octanol–water partition coefficient (Wildman–Crippen LogP) is 21.1. The Kier molecular flexibility index (Phi) is 53.9. The lowest BCUT2D eigenvalue weighted by atomic mass is 10.0. The largest absolute Gasteiger partial charge is 0.462 e. The summed E-state index contributed by atoms with van der Waals surface area (Å²) in [6.07, 6.45) is 59.6. The van der Waals surface area contributed by atoms with Crippen molar-refractivity contribution in [2.24, 2.45) is 17.8 Å². The van der Waals surface area contributed by atoms with Gasteiger partial charge in [0.25, 0.3) is 0 Å². The van der Waals surface area contributed by atoms with Crippen LogP contribution in [0.2, 0.25) is 0 Å². The summed E-state index contributed by atoms with van der Waals surface area (Å²) in [7, 11) is 0. The lowest BCUT2D eigenvalue weighted by Crippen LogP contribution is -2.30. The number of hydrogen-bond donors (Lipinski definition) is 0. The molecule has 0 rings (SSSR count). The Balaban J connectivity index is 4.30. The monoisotopic (exact) mass is 989 g/mol. The Bertz CT molecular complexity index is 1090. The van der Waals surface area contributed by atoms with Gasteiger partial charge < -0.3 is 14.2 Å². The lowest BCUT2D eigenvalue weighted by Gasteiger charge is -2.18. The number of rotatable bonds is 57. The fourth-order valence-electron chi connectivity index (χ4n) is 9.88. The predicted molar refractivity (Wildman–Crippen MR) is 303 cm³/mol. The number of carbonyl (C=O) groups excluding carboxylic acids is 3. The maximum Gasteiger partial charge on any atom is 0.306 e. The Labute approximate surface area is 438 Å². The highest BCUT2D eigenvalue weighted by atomic mass is 16.6. The number of unbranched alkanes of at least 4 members (excludes halogenated alkanes) is 40. The van der Waals surface area contributed by atoms with E-state index < -0.39 is 6.10 Å². The molecule has 0 heterocycles. The van der Waals surface area contributed by atoms with Crippen molar-refractivity contribution in [1.82, 2.24) is 0 Å². The first-order chi connectivity index (χ1) is 34.1. The van der Waals surface area contributed by atoms with Crippen LogP contribution < -0.4 is 0 Å². The van der Waals surface area contributed by atoms with Gasteiger partial charge in [0.2, 0.25) is 0 Å². The molecular formula is C64H124O6. The highest BCUT2D eigenvalue weighted by Gasteiger charge is 2.19. The van der Waals surface area contributed by atoms with Crippen molar-refractivity contribution < 1.29 is 28.6 Å². The zero-order chi connectivity index (χ0) is 51.2. The quantitative estimate of drug-likeness (QED) is 0.0343. The Morgan fingerprint density at radius 3 is 0.614 bits per heavy atom. The fourth-order valence-corrected chi connectivity index (χ4v) is 9.88. The van der Waals surface area contributed by atoms with Crippen LogP contribution in [0, 0.1) is 17.8 Å². The average Bonchev–Trinajstić information content (AvgIpc) is 3.32. The molecule has 70 heavy (non-hydrogen) atoms. The topological polar surface area (TPSA) is 78.9 Å². The van der Waals surface area contributed by atoms with E-state index in [1.807, 2.05) is 0 Å². The maximum absolute atomic E-state index is 12.9. The van der Waals surface area contributed by atoms with Crippen LogP contribution in [0.3, 0.4) is 0 Å². The van der Waals surface area contributed by atoms with Crippen molar-refractivity contribution in [3.63, 3.8) is 0 Å². The third kappa shape index (κ3) is 57.3. The van der Waals surface area contributed by atoms with E-state index in [9.17, 15) is 14.4 Å². The minimum Gasteiger partial charge on any atom is -0.462 e. The van der Waals surface area contributed by atoms with Gasteiger partial charge >= 0.3 is 17.9 Å². The first-order valence-electron chi connectivity index (χ1n) is 31.6. The van der Waals surface area contributed by atoms with E-state index in [-0.39, 0.29) is 31.1 Å². The Hall–Kier alpha value is -1.59. The van der Waals surface area contributed by atoms with Crippen molar-refractivity contribution in [1.29, 1.82) is 0 Å². The van der Waals surface area contributed by atoms with E-state index in [4.69, 9.17) is 14.2 Å². The molecule has 6 nitrogen and oxygen atoms in total. The molecular weight excluding hydrogens is 865 g/mol. The summed E-state index contributed by atoms with van der Waals surface area (Å²) in [5.74, 6) is 1.70. The summed E-state index contributed by atoms with van der Waals surface area (Å²) in [4.78, 5) is 38.3. The van der Waals surface area contributed by atoms with Crippen molar-refractivity contribution in [3.8, 4) is 0 Å². The molecule has 0 N–H and O–H groups in total. The van der Waals surface area contributed by atoms with Crippen LogP contribution in [0.15, 0.2) is 0 Å². The molecule has 0 saturated heterocycles. The highest BCUT2D eigenvalue weighted by Crippen LogP contribution is 2.19.